The van der Waals surface area contributed by atoms with Crippen LogP contribution in [0.5, 0.6) is 11.5 Å². The summed E-state index contributed by atoms with van der Waals surface area (Å²) in [7, 11) is 0. The maximum Gasteiger partial charge on any atom is 0.319 e. The van der Waals surface area contributed by atoms with Crippen molar-refractivity contribution in [3.63, 3.8) is 0 Å². The van der Waals surface area contributed by atoms with E-state index in [1.165, 1.54) is 5.56 Å². The number of nitrogens with one attached hydrogen (secondary N) is 2. The minimum Gasteiger partial charge on any atom is -0.457 e. The summed E-state index contributed by atoms with van der Waals surface area (Å²) >= 11 is 1.70. The Morgan fingerprint density at radius 3 is 2.74 bits per heavy atom. The van der Waals surface area contributed by atoms with Gasteiger partial charge in [0.05, 0.1) is 17.0 Å². The van der Waals surface area contributed by atoms with Gasteiger partial charge < -0.3 is 15.4 Å². The van der Waals surface area contributed by atoms with Gasteiger partial charge in [-0.2, -0.15) is 0 Å². The van der Waals surface area contributed by atoms with E-state index in [-0.39, 0.29) is 17.3 Å². The van der Waals surface area contributed by atoms with E-state index in [9.17, 15) is 4.79 Å². The third-order valence-electron chi connectivity index (χ3n) is 4.87. The molecule has 2 amide bonds. The number of amides is 2. The zero-order chi connectivity index (χ0) is 18.4. The highest BCUT2D eigenvalue weighted by Crippen LogP contribution is 2.56. The lowest BCUT2D eigenvalue weighted by molar-refractivity contribution is 0.247. The zero-order valence-electron chi connectivity index (χ0n) is 14.6. The molecule has 5 nitrogen and oxygen atoms in total. The van der Waals surface area contributed by atoms with Crippen LogP contribution in [-0.2, 0) is 0 Å². The highest BCUT2D eigenvalue weighted by atomic mass is 32.2. The molecular weight excluding hydrogens is 358 g/mol. The molecule has 6 heteroatoms. The standard InChI is InChI=1S/C21H17N3O2S/c1-12-11-14(26-13-5-3-2-4-6-13)7-8-15(12)19-18-17-16(23-21(25)24-18)9-10-22-20(17)27-19/h2-11,18-19H,1H3,(H2,23,24,25). The fourth-order valence-electron chi connectivity index (χ4n) is 3.64. The minimum absolute atomic E-state index is 0.0814. The summed E-state index contributed by atoms with van der Waals surface area (Å²) in [5, 5.41) is 6.99. The van der Waals surface area contributed by atoms with Gasteiger partial charge in [0.15, 0.2) is 0 Å². The molecule has 0 spiro atoms. The van der Waals surface area contributed by atoms with Crippen molar-refractivity contribution in [3.05, 3.63) is 77.5 Å². The van der Waals surface area contributed by atoms with Crippen molar-refractivity contribution in [1.82, 2.24) is 10.3 Å². The van der Waals surface area contributed by atoms with Gasteiger partial charge in [-0.1, -0.05) is 36.0 Å². The number of hydrogen-bond donors (Lipinski definition) is 2. The fraction of sp³-hybridized carbons (Fsp3) is 0.143. The lowest BCUT2D eigenvalue weighted by Crippen LogP contribution is -2.38. The topological polar surface area (TPSA) is 63.2 Å². The van der Waals surface area contributed by atoms with Crippen molar-refractivity contribution in [1.29, 1.82) is 0 Å². The summed E-state index contributed by atoms with van der Waals surface area (Å²) in [6, 6.07) is 17.5. The van der Waals surface area contributed by atoms with Gasteiger partial charge in [-0.25, -0.2) is 9.78 Å². The molecule has 2 N–H and O–H groups in total. The number of ether oxygens (including phenoxy) is 1. The molecule has 3 aromatic rings. The Morgan fingerprint density at radius 2 is 1.93 bits per heavy atom. The van der Waals surface area contributed by atoms with Crippen LogP contribution < -0.4 is 15.4 Å². The van der Waals surface area contributed by atoms with Gasteiger partial charge in [0.1, 0.15) is 16.5 Å². The quantitative estimate of drug-likeness (QED) is 0.660. The van der Waals surface area contributed by atoms with Crippen LogP contribution in [-0.4, -0.2) is 11.0 Å². The van der Waals surface area contributed by atoms with Crippen LogP contribution in [0.3, 0.4) is 0 Å². The largest absolute Gasteiger partial charge is 0.457 e. The molecule has 1 aromatic heterocycles. The predicted octanol–water partition coefficient (Wildman–Crippen LogP) is 5.21. The minimum atomic E-state index is -0.168. The average molecular weight is 375 g/mol. The smallest absolute Gasteiger partial charge is 0.319 e. The predicted molar refractivity (Wildman–Crippen MR) is 105 cm³/mol. The highest BCUT2D eigenvalue weighted by molar-refractivity contribution is 7.99. The number of urea groups is 1. The van der Waals surface area contributed by atoms with Gasteiger partial charge >= 0.3 is 6.03 Å². The summed E-state index contributed by atoms with van der Waals surface area (Å²) in [4.78, 5) is 16.6. The molecule has 2 aromatic carbocycles. The van der Waals surface area contributed by atoms with E-state index in [2.05, 4.69) is 28.6 Å². The van der Waals surface area contributed by atoms with E-state index >= 15 is 0 Å². The second kappa shape index (κ2) is 6.32. The first-order valence-corrected chi connectivity index (χ1v) is 9.63. The van der Waals surface area contributed by atoms with Crippen LogP contribution in [0.4, 0.5) is 10.5 Å². The molecule has 0 bridgehead atoms. The normalized spacial score (nSPS) is 19.8. The number of pyridine rings is 1. The number of nitrogens with zero attached hydrogens (tertiary/aromatic N) is 1. The molecule has 0 fully saturated rings. The lowest BCUT2D eigenvalue weighted by Gasteiger charge is -2.27. The summed E-state index contributed by atoms with van der Waals surface area (Å²) in [6.07, 6.45) is 1.75. The molecule has 0 saturated carbocycles. The number of benzene rings is 2. The number of para-hydroxylation sites is 1. The molecule has 2 unspecified atom stereocenters. The molecule has 5 rings (SSSR count). The molecule has 2 aliphatic rings. The van der Waals surface area contributed by atoms with Crippen molar-refractivity contribution in [2.45, 2.75) is 23.2 Å². The Balaban J connectivity index is 1.47. The second-order valence-electron chi connectivity index (χ2n) is 6.63. The number of thioether (sulfide) groups is 1. The Morgan fingerprint density at radius 1 is 1.07 bits per heavy atom. The van der Waals surface area contributed by atoms with Crippen LogP contribution >= 0.6 is 11.8 Å². The molecule has 2 aliphatic heterocycles. The zero-order valence-corrected chi connectivity index (χ0v) is 15.4. The van der Waals surface area contributed by atoms with Crippen molar-refractivity contribution in [2.75, 3.05) is 5.32 Å². The molecule has 27 heavy (non-hydrogen) atoms. The first-order chi connectivity index (χ1) is 13.2. The molecule has 0 aliphatic carbocycles. The summed E-state index contributed by atoms with van der Waals surface area (Å²) in [5.41, 5.74) is 4.24. The van der Waals surface area contributed by atoms with Gasteiger partial charge in [-0.15, -0.1) is 0 Å². The Kier molecular flexibility index (Phi) is 3.79. The maximum atomic E-state index is 12.1. The van der Waals surface area contributed by atoms with Crippen molar-refractivity contribution < 1.29 is 9.53 Å². The Labute approximate surface area is 161 Å². The van der Waals surface area contributed by atoms with E-state index < -0.39 is 0 Å². The molecule has 2 atom stereocenters. The number of carbonyl (C=O) groups excluding carboxylic acids is 1. The molecule has 134 valence electrons. The van der Waals surface area contributed by atoms with Crippen molar-refractivity contribution in [2.24, 2.45) is 0 Å². The second-order valence-corrected chi connectivity index (χ2v) is 7.76. The number of aryl methyl sites for hydroxylation is 1. The number of aromatic nitrogens is 1. The fourth-order valence-corrected chi connectivity index (χ4v) is 5.10. The first kappa shape index (κ1) is 16.2. The Bertz CT molecular complexity index is 1040. The summed E-state index contributed by atoms with van der Waals surface area (Å²) in [6.45, 7) is 2.08. The summed E-state index contributed by atoms with van der Waals surface area (Å²) in [5.74, 6) is 1.61. The highest BCUT2D eigenvalue weighted by Gasteiger charge is 2.41. The van der Waals surface area contributed by atoms with Crippen LogP contribution in [0, 0.1) is 6.92 Å². The SMILES string of the molecule is Cc1cc(Oc2ccccc2)ccc1C1Sc2nccc3c2C1NC(=O)N3. The molecular formula is C21H17N3O2S. The van der Waals surface area contributed by atoms with Crippen LogP contribution in [0.15, 0.2) is 65.8 Å². The Hall–Kier alpha value is -2.99. The number of anilines is 1. The van der Waals surface area contributed by atoms with Gasteiger partial charge in [0.2, 0.25) is 0 Å². The molecule has 0 saturated heterocycles. The lowest BCUT2D eigenvalue weighted by atomic mass is 9.94. The van der Waals surface area contributed by atoms with Gasteiger partial charge in [0, 0.05) is 11.8 Å². The van der Waals surface area contributed by atoms with Crippen molar-refractivity contribution >= 4 is 23.5 Å². The van der Waals surface area contributed by atoms with E-state index in [1.54, 1.807) is 18.0 Å². The first-order valence-electron chi connectivity index (χ1n) is 8.75. The number of hydrogen-bond acceptors (Lipinski definition) is 4. The number of rotatable bonds is 3. The van der Waals surface area contributed by atoms with Crippen LogP contribution in [0.2, 0.25) is 0 Å². The van der Waals surface area contributed by atoms with Gasteiger partial charge in [-0.3, -0.25) is 0 Å². The van der Waals surface area contributed by atoms with E-state index in [0.29, 0.717) is 0 Å². The molecule has 0 radical (unpaired) electrons. The number of carbonyl (C=O) groups is 1. The summed E-state index contributed by atoms with van der Waals surface area (Å²) < 4.78 is 5.94. The van der Waals surface area contributed by atoms with E-state index in [4.69, 9.17) is 4.74 Å². The van der Waals surface area contributed by atoms with Crippen LogP contribution in [0.1, 0.15) is 28.0 Å². The van der Waals surface area contributed by atoms with Crippen LogP contribution in [0.25, 0.3) is 0 Å². The van der Waals surface area contributed by atoms with E-state index in [1.807, 2.05) is 48.5 Å². The third kappa shape index (κ3) is 2.82. The monoisotopic (exact) mass is 375 g/mol. The maximum absolute atomic E-state index is 12.1. The van der Waals surface area contributed by atoms with Gasteiger partial charge in [0.25, 0.3) is 0 Å². The van der Waals surface area contributed by atoms with Crippen molar-refractivity contribution in [3.8, 4) is 11.5 Å². The average Bonchev–Trinajstić information content (AvgIpc) is 3.02. The third-order valence-corrected chi connectivity index (χ3v) is 6.20. The molecule has 3 heterocycles. The van der Waals surface area contributed by atoms with E-state index in [0.717, 1.165) is 33.3 Å². The van der Waals surface area contributed by atoms with Gasteiger partial charge in [-0.05, 0) is 48.4 Å².